The molecule has 1 aromatic carbocycles. The van der Waals surface area contributed by atoms with Gasteiger partial charge in [-0.3, -0.25) is 14.8 Å². The maximum Gasteiger partial charge on any atom is 0.416 e. The minimum Gasteiger partial charge on any atom is -0.347 e. The number of alkyl halides is 3. The first kappa shape index (κ1) is 21.6. The van der Waals surface area contributed by atoms with E-state index in [1.54, 1.807) is 42.9 Å². The van der Waals surface area contributed by atoms with Crippen molar-refractivity contribution in [2.45, 2.75) is 19.1 Å². The molecule has 0 aliphatic rings. The van der Waals surface area contributed by atoms with Crippen molar-refractivity contribution in [3.63, 3.8) is 0 Å². The summed E-state index contributed by atoms with van der Waals surface area (Å²) in [6, 6.07) is 12.2. The average Bonchev–Trinajstić information content (AvgIpc) is 3.21. The largest absolute Gasteiger partial charge is 0.416 e. The molecule has 0 aliphatic carbocycles. The molecule has 0 spiro atoms. The molecule has 3 aromatic heterocycles. The summed E-state index contributed by atoms with van der Waals surface area (Å²) in [5.74, 6) is -0.275. The number of halogens is 3. The topological polar surface area (TPSA) is 67.8 Å². The maximum absolute atomic E-state index is 13.0. The molecule has 0 radical (unpaired) electrons. The van der Waals surface area contributed by atoms with Crippen LogP contribution >= 0.6 is 11.3 Å². The van der Waals surface area contributed by atoms with Gasteiger partial charge in [-0.25, -0.2) is 4.98 Å². The molecule has 32 heavy (non-hydrogen) atoms. The number of amides is 1. The normalized spacial score (nSPS) is 11.3. The number of hydrogen-bond donors (Lipinski definition) is 1. The highest BCUT2D eigenvalue weighted by Gasteiger charge is 2.30. The fraction of sp³-hybridized carbons (Fsp3) is 0.130. The summed E-state index contributed by atoms with van der Waals surface area (Å²) in [5, 5.41) is 3.50. The van der Waals surface area contributed by atoms with E-state index in [0.717, 1.165) is 22.6 Å². The van der Waals surface area contributed by atoms with Crippen molar-refractivity contribution in [2.75, 3.05) is 0 Å². The highest BCUT2D eigenvalue weighted by atomic mass is 32.1. The fourth-order valence-corrected chi connectivity index (χ4v) is 4.18. The summed E-state index contributed by atoms with van der Waals surface area (Å²) in [5.41, 5.74) is 1.67. The molecule has 0 saturated carbocycles. The van der Waals surface area contributed by atoms with Crippen LogP contribution in [0.3, 0.4) is 0 Å². The summed E-state index contributed by atoms with van der Waals surface area (Å²) in [6.07, 6.45) is 2.21. The quantitative estimate of drug-likeness (QED) is 0.438. The van der Waals surface area contributed by atoms with E-state index in [9.17, 15) is 18.0 Å². The summed E-state index contributed by atoms with van der Waals surface area (Å²) in [7, 11) is 0. The molecule has 0 saturated heterocycles. The third kappa shape index (κ3) is 5.17. The van der Waals surface area contributed by atoms with E-state index in [1.165, 1.54) is 23.6 Å². The number of carbonyl (C=O) groups excluding carboxylic acids is 1. The van der Waals surface area contributed by atoms with E-state index < -0.39 is 11.7 Å². The number of thiazole rings is 1. The molecule has 3 heterocycles. The van der Waals surface area contributed by atoms with Gasteiger partial charge in [0.2, 0.25) is 0 Å². The molecule has 5 nitrogen and oxygen atoms in total. The molecule has 0 aliphatic heterocycles. The molecule has 1 amide bonds. The van der Waals surface area contributed by atoms with Crippen LogP contribution in [0.15, 0.2) is 73.3 Å². The van der Waals surface area contributed by atoms with Gasteiger partial charge in [-0.2, -0.15) is 13.2 Å². The van der Waals surface area contributed by atoms with Gasteiger partial charge in [-0.1, -0.05) is 18.2 Å². The van der Waals surface area contributed by atoms with Gasteiger partial charge in [-0.15, -0.1) is 11.3 Å². The molecule has 0 atom stereocenters. The van der Waals surface area contributed by atoms with E-state index >= 15 is 0 Å². The zero-order valence-corrected chi connectivity index (χ0v) is 17.5. The summed E-state index contributed by atoms with van der Waals surface area (Å²) in [6.45, 7) is 0.220. The van der Waals surface area contributed by atoms with Crippen molar-refractivity contribution in [3.8, 4) is 11.3 Å². The van der Waals surface area contributed by atoms with Gasteiger partial charge < -0.3 is 5.32 Å². The maximum atomic E-state index is 13.0. The van der Waals surface area contributed by atoms with Crippen molar-refractivity contribution >= 4 is 17.2 Å². The lowest BCUT2D eigenvalue weighted by Crippen LogP contribution is -2.22. The predicted octanol–water partition coefficient (Wildman–Crippen LogP) is 5.14. The Kier molecular flexibility index (Phi) is 6.27. The van der Waals surface area contributed by atoms with E-state index in [1.807, 2.05) is 6.07 Å². The van der Waals surface area contributed by atoms with Gasteiger partial charge in [0, 0.05) is 36.8 Å². The van der Waals surface area contributed by atoms with Crippen molar-refractivity contribution < 1.29 is 18.0 Å². The summed E-state index contributed by atoms with van der Waals surface area (Å²) in [4.78, 5) is 25.9. The number of hydrogen-bond acceptors (Lipinski definition) is 5. The third-order valence-electron chi connectivity index (χ3n) is 4.62. The number of rotatable bonds is 6. The number of benzene rings is 1. The van der Waals surface area contributed by atoms with Crippen LogP contribution in [0.1, 0.15) is 31.4 Å². The first-order chi connectivity index (χ1) is 15.4. The Balaban J connectivity index is 1.59. The minimum atomic E-state index is -4.40. The number of pyridine rings is 2. The molecule has 4 aromatic rings. The van der Waals surface area contributed by atoms with Gasteiger partial charge in [0.15, 0.2) is 0 Å². The Morgan fingerprint density at radius 2 is 1.78 bits per heavy atom. The lowest BCUT2D eigenvalue weighted by molar-refractivity contribution is -0.137. The van der Waals surface area contributed by atoms with Crippen LogP contribution in [-0.2, 0) is 19.1 Å². The van der Waals surface area contributed by atoms with Crippen LogP contribution in [0, 0.1) is 0 Å². The van der Waals surface area contributed by atoms with Crippen LogP contribution in [-0.4, -0.2) is 20.9 Å². The Morgan fingerprint density at radius 1 is 1.00 bits per heavy atom. The first-order valence-corrected chi connectivity index (χ1v) is 10.4. The van der Waals surface area contributed by atoms with Gasteiger partial charge in [-0.05, 0) is 35.9 Å². The Labute approximate surface area is 186 Å². The van der Waals surface area contributed by atoms with E-state index in [4.69, 9.17) is 0 Å². The minimum absolute atomic E-state index is 0.220. The predicted molar refractivity (Wildman–Crippen MR) is 115 cm³/mol. The molecule has 0 fully saturated rings. The molecule has 1 N–H and O–H groups in total. The van der Waals surface area contributed by atoms with Crippen molar-refractivity contribution in [1.29, 1.82) is 0 Å². The highest BCUT2D eigenvalue weighted by Crippen LogP contribution is 2.32. The monoisotopic (exact) mass is 454 g/mol. The fourth-order valence-electron chi connectivity index (χ4n) is 3.12. The number of nitrogens with one attached hydrogen (secondary N) is 1. The van der Waals surface area contributed by atoms with Crippen LogP contribution in [0.25, 0.3) is 11.3 Å². The molecule has 162 valence electrons. The van der Waals surface area contributed by atoms with Gasteiger partial charge >= 0.3 is 6.18 Å². The zero-order valence-electron chi connectivity index (χ0n) is 16.6. The van der Waals surface area contributed by atoms with E-state index in [-0.39, 0.29) is 18.9 Å². The summed E-state index contributed by atoms with van der Waals surface area (Å²) >= 11 is 1.35. The standard InChI is InChI=1S/C23H17F3N4OS/c24-23(25,26)18-7-1-4-15(10-18)11-20-30-21(16-5-2-8-27-12-16)19(32-20)14-29-22(31)17-6-3-9-28-13-17/h1-10,12-13H,11,14H2,(H,29,31). The smallest absolute Gasteiger partial charge is 0.347 e. The molecule has 0 unspecified atom stereocenters. The molecular weight excluding hydrogens is 437 g/mol. The second kappa shape index (κ2) is 9.27. The van der Waals surface area contributed by atoms with Gasteiger partial charge in [0.1, 0.15) is 0 Å². The van der Waals surface area contributed by atoms with Crippen LogP contribution in [0.2, 0.25) is 0 Å². The number of nitrogens with zero attached hydrogens (tertiary/aromatic N) is 3. The van der Waals surface area contributed by atoms with Crippen molar-refractivity contribution in [3.05, 3.63) is 99.9 Å². The Morgan fingerprint density at radius 3 is 2.47 bits per heavy atom. The molecule has 4 rings (SSSR count). The second-order valence-electron chi connectivity index (χ2n) is 6.92. The number of carbonyl (C=O) groups is 1. The van der Waals surface area contributed by atoms with E-state index in [0.29, 0.717) is 21.8 Å². The molecule has 9 heteroatoms. The Hall–Kier alpha value is -3.59. The first-order valence-electron chi connectivity index (χ1n) is 9.63. The SMILES string of the molecule is O=C(NCc1sc(Cc2cccc(C(F)(F)F)c2)nc1-c1cccnc1)c1cccnc1. The van der Waals surface area contributed by atoms with Crippen molar-refractivity contribution in [2.24, 2.45) is 0 Å². The van der Waals surface area contributed by atoms with Crippen LogP contribution in [0.5, 0.6) is 0 Å². The van der Waals surface area contributed by atoms with Crippen LogP contribution in [0.4, 0.5) is 13.2 Å². The molecule has 0 bridgehead atoms. The molecular formula is C23H17F3N4OS. The average molecular weight is 454 g/mol. The zero-order chi connectivity index (χ0) is 22.6. The van der Waals surface area contributed by atoms with E-state index in [2.05, 4.69) is 20.3 Å². The van der Waals surface area contributed by atoms with Crippen molar-refractivity contribution in [1.82, 2.24) is 20.3 Å². The lowest BCUT2D eigenvalue weighted by Gasteiger charge is -2.07. The second-order valence-corrected chi connectivity index (χ2v) is 8.09. The van der Waals surface area contributed by atoms with Gasteiger partial charge in [0.25, 0.3) is 5.91 Å². The van der Waals surface area contributed by atoms with Crippen LogP contribution < -0.4 is 5.32 Å². The lowest BCUT2D eigenvalue weighted by atomic mass is 10.1. The third-order valence-corrected chi connectivity index (χ3v) is 5.67. The Bertz CT molecular complexity index is 1210. The summed E-state index contributed by atoms with van der Waals surface area (Å²) < 4.78 is 39.1. The van der Waals surface area contributed by atoms with Gasteiger partial charge in [0.05, 0.1) is 33.3 Å². The highest BCUT2D eigenvalue weighted by molar-refractivity contribution is 7.12. The number of aromatic nitrogens is 3.